The summed E-state index contributed by atoms with van der Waals surface area (Å²) in [6.45, 7) is 1.76. The minimum atomic E-state index is -0.214. The second-order valence-corrected chi connectivity index (χ2v) is 5.70. The van der Waals surface area contributed by atoms with Gasteiger partial charge in [-0.2, -0.15) is 0 Å². The molecule has 4 heteroatoms. The van der Waals surface area contributed by atoms with Crippen LogP contribution in [0.2, 0.25) is 0 Å². The molecule has 1 aliphatic carbocycles. The third-order valence-corrected chi connectivity index (χ3v) is 4.21. The maximum Gasteiger partial charge on any atom is 0.161 e. The average Bonchev–Trinajstić information content (AvgIpc) is 3.04. The SMILES string of the molecule is CNc1cc(C2CCCC2)nc(-c2ccc(C)c(F)c2)n1. The van der Waals surface area contributed by atoms with Gasteiger partial charge in [0.25, 0.3) is 0 Å². The van der Waals surface area contributed by atoms with Crippen LogP contribution in [0.4, 0.5) is 10.2 Å². The van der Waals surface area contributed by atoms with Crippen LogP contribution in [0, 0.1) is 12.7 Å². The zero-order valence-electron chi connectivity index (χ0n) is 12.5. The monoisotopic (exact) mass is 285 g/mol. The molecule has 0 aliphatic heterocycles. The molecule has 3 nitrogen and oxygen atoms in total. The Hall–Kier alpha value is -1.97. The molecule has 21 heavy (non-hydrogen) atoms. The molecule has 3 rings (SSSR count). The highest BCUT2D eigenvalue weighted by Gasteiger charge is 2.20. The van der Waals surface area contributed by atoms with Crippen LogP contribution in [0.25, 0.3) is 11.4 Å². The van der Waals surface area contributed by atoms with E-state index in [0.29, 0.717) is 17.3 Å². The lowest BCUT2D eigenvalue weighted by atomic mass is 10.0. The third kappa shape index (κ3) is 2.89. The molecule has 1 heterocycles. The summed E-state index contributed by atoms with van der Waals surface area (Å²) in [6.07, 6.45) is 4.89. The summed E-state index contributed by atoms with van der Waals surface area (Å²) in [4.78, 5) is 9.16. The third-order valence-electron chi connectivity index (χ3n) is 4.21. The Morgan fingerprint density at radius 2 is 1.90 bits per heavy atom. The largest absolute Gasteiger partial charge is 0.373 e. The molecule has 0 bridgehead atoms. The summed E-state index contributed by atoms with van der Waals surface area (Å²) in [5.41, 5.74) is 2.44. The quantitative estimate of drug-likeness (QED) is 0.914. The fraction of sp³-hybridized carbons (Fsp3) is 0.412. The van der Waals surface area contributed by atoms with Crippen molar-refractivity contribution in [2.75, 3.05) is 12.4 Å². The van der Waals surface area contributed by atoms with E-state index >= 15 is 0 Å². The van der Waals surface area contributed by atoms with E-state index in [4.69, 9.17) is 0 Å². The van der Waals surface area contributed by atoms with Gasteiger partial charge in [0.2, 0.25) is 0 Å². The molecular formula is C17H20FN3. The fourth-order valence-electron chi connectivity index (χ4n) is 2.89. The van der Waals surface area contributed by atoms with Crippen LogP contribution in [-0.2, 0) is 0 Å². The summed E-state index contributed by atoms with van der Waals surface area (Å²) in [7, 11) is 1.85. The Morgan fingerprint density at radius 1 is 1.14 bits per heavy atom. The molecule has 0 atom stereocenters. The molecule has 0 saturated heterocycles. The lowest BCUT2D eigenvalue weighted by Gasteiger charge is -2.12. The topological polar surface area (TPSA) is 37.8 Å². The van der Waals surface area contributed by atoms with Crippen molar-refractivity contribution in [3.8, 4) is 11.4 Å². The maximum absolute atomic E-state index is 13.8. The van der Waals surface area contributed by atoms with E-state index in [1.807, 2.05) is 19.2 Å². The van der Waals surface area contributed by atoms with Crippen molar-refractivity contribution in [2.45, 2.75) is 38.5 Å². The lowest BCUT2D eigenvalue weighted by molar-refractivity contribution is 0.619. The first-order valence-corrected chi connectivity index (χ1v) is 7.50. The molecule has 1 fully saturated rings. The molecule has 1 aromatic carbocycles. The zero-order valence-corrected chi connectivity index (χ0v) is 12.5. The summed E-state index contributed by atoms with van der Waals surface area (Å²) in [5.74, 6) is 1.69. The zero-order chi connectivity index (χ0) is 14.8. The van der Waals surface area contributed by atoms with Gasteiger partial charge in [-0.05, 0) is 31.4 Å². The molecule has 0 unspecified atom stereocenters. The van der Waals surface area contributed by atoms with Gasteiger partial charge in [-0.25, -0.2) is 14.4 Å². The van der Waals surface area contributed by atoms with E-state index in [2.05, 4.69) is 15.3 Å². The Morgan fingerprint density at radius 3 is 2.57 bits per heavy atom. The number of rotatable bonds is 3. The van der Waals surface area contributed by atoms with Gasteiger partial charge in [0, 0.05) is 30.3 Å². The molecule has 0 radical (unpaired) electrons. The standard InChI is InChI=1S/C17H20FN3/c1-11-7-8-13(9-14(11)18)17-20-15(10-16(19-2)21-17)12-5-3-4-6-12/h7-10,12H,3-6H2,1-2H3,(H,19,20,21). The number of halogens is 1. The van der Waals surface area contributed by atoms with Crippen molar-refractivity contribution >= 4 is 5.82 Å². The minimum Gasteiger partial charge on any atom is -0.373 e. The summed E-state index contributed by atoms with van der Waals surface area (Å²) in [5, 5.41) is 3.08. The Labute approximate surface area is 124 Å². The lowest BCUT2D eigenvalue weighted by Crippen LogP contribution is -2.04. The highest BCUT2D eigenvalue weighted by atomic mass is 19.1. The molecule has 110 valence electrons. The van der Waals surface area contributed by atoms with E-state index in [1.54, 1.807) is 13.0 Å². The summed E-state index contributed by atoms with van der Waals surface area (Å²) < 4.78 is 13.8. The van der Waals surface area contributed by atoms with Crippen LogP contribution in [0.15, 0.2) is 24.3 Å². The number of nitrogens with zero attached hydrogens (tertiary/aromatic N) is 2. The number of aryl methyl sites for hydroxylation is 1. The van der Waals surface area contributed by atoms with Crippen molar-refractivity contribution < 1.29 is 4.39 Å². The van der Waals surface area contributed by atoms with E-state index in [9.17, 15) is 4.39 Å². The first-order valence-electron chi connectivity index (χ1n) is 7.50. The van der Waals surface area contributed by atoms with Gasteiger partial charge in [-0.3, -0.25) is 0 Å². The van der Waals surface area contributed by atoms with Crippen molar-refractivity contribution in [1.82, 2.24) is 9.97 Å². The second-order valence-electron chi connectivity index (χ2n) is 5.70. The van der Waals surface area contributed by atoms with E-state index in [0.717, 1.165) is 17.1 Å². The second kappa shape index (κ2) is 5.80. The number of anilines is 1. The number of aromatic nitrogens is 2. The van der Waals surface area contributed by atoms with E-state index in [-0.39, 0.29) is 5.82 Å². The molecule has 1 aromatic heterocycles. The van der Waals surface area contributed by atoms with Gasteiger partial charge in [0.05, 0.1) is 0 Å². The minimum absolute atomic E-state index is 0.214. The van der Waals surface area contributed by atoms with Crippen LogP contribution in [-0.4, -0.2) is 17.0 Å². The van der Waals surface area contributed by atoms with Gasteiger partial charge in [-0.15, -0.1) is 0 Å². The van der Waals surface area contributed by atoms with Gasteiger partial charge in [-0.1, -0.05) is 25.0 Å². The van der Waals surface area contributed by atoms with Gasteiger partial charge < -0.3 is 5.32 Å². The summed E-state index contributed by atoms with van der Waals surface area (Å²) >= 11 is 0. The van der Waals surface area contributed by atoms with Gasteiger partial charge in [0.15, 0.2) is 5.82 Å². The molecule has 1 saturated carbocycles. The maximum atomic E-state index is 13.8. The van der Waals surface area contributed by atoms with Crippen molar-refractivity contribution in [1.29, 1.82) is 0 Å². The smallest absolute Gasteiger partial charge is 0.161 e. The number of nitrogens with one attached hydrogen (secondary N) is 1. The highest BCUT2D eigenvalue weighted by molar-refractivity contribution is 5.58. The molecule has 1 N–H and O–H groups in total. The van der Waals surface area contributed by atoms with Crippen molar-refractivity contribution in [3.63, 3.8) is 0 Å². The molecule has 0 amide bonds. The highest BCUT2D eigenvalue weighted by Crippen LogP contribution is 2.34. The van der Waals surface area contributed by atoms with Crippen molar-refractivity contribution in [3.05, 3.63) is 41.3 Å². The predicted octanol–water partition coefficient (Wildman–Crippen LogP) is 4.29. The van der Waals surface area contributed by atoms with Crippen LogP contribution in [0.5, 0.6) is 0 Å². The Kier molecular flexibility index (Phi) is 3.86. The van der Waals surface area contributed by atoms with Crippen LogP contribution in [0.3, 0.4) is 0 Å². The van der Waals surface area contributed by atoms with Gasteiger partial charge >= 0.3 is 0 Å². The predicted molar refractivity (Wildman–Crippen MR) is 82.9 cm³/mol. The average molecular weight is 285 g/mol. The van der Waals surface area contributed by atoms with Crippen LogP contribution in [0.1, 0.15) is 42.9 Å². The van der Waals surface area contributed by atoms with E-state index < -0.39 is 0 Å². The first kappa shape index (κ1) is 14.0. The fourth-order valence-corrected chi connectivity index (χ4v) is 2.89. The number of hydrogen-bond donors (Lipinski definition) is 1. The molecule has 1 aliphatic rings. The Balaban J connectivity index is 2.04. The first-order chi connectivity index (χ1) is 10.2. The van der Waals surface area contributed by atoms with Crippen LogP contribution < -0.4 is 5.32 Å². The van der Waals surface area contributed by atoms with E-state index in [1.165, 1.54) is 31.7 Å². The summed E-state index contributed by atoms with van der Waals surface area (Å²) in [6, 6.07) is 7.19. The number of benzene rings is 1. The Bertz CT molecular complexity index is 648. The molecule has 2 aromatic rings. The van der Waals surface area contributed by atoms with Crippen LogP contribution >= 0.6 is 0 Å². The normalized spacial score (nSPS) is 15.4. The van der Waals surface area contributed by atoms with Crippen molar-refractivity contribution in [2.24, 2.45) is 0 Å². The number of hydrogen-bond acceptors (Lipinski definition) is 3. The molecule has 0 spiro atoms. The van der Waals surface area contributed by atoms with Gasteiger partial charge in [0.1, 0.15) is 11.6 Å². The molecular weight excluding hydrogens is 265 g/mol.